The Balaban J connectivity index is 1.06. The van der Waals surface area contributed by atoms with Crippen molar-refractivity contribution in [2.24, 2.45) is 23.2 Å². The molecule has 1 heterocycles. The zero-order valence-electron chi connectivity index (χ0n) is 18.1. The van der Waals surface area contributed by atoms with E-state index in [1.807, 2.05) is 6.07 Å². The fraction of sp³-hybridized carbons (Fsp3) is 0.773. The average Bonchev–Trinajstić information content (AvgIpc) is 3.12. The predicted octanol–water partition coefficient (Wildman–Crippen LogP) is 3.43. The van der Waals surface area contributed by atoms with Crippen LogP contribution in [-0.2, 0) is 14.3 Å². The summed E-state index contributed by atoms with van der Waals surface area (Å²) < 4.78 is 37.0. The van der Waals surface area contributed by atoms with Gasteiger partial charge in [-0.05, 0) is 56.8 Å². The minimum Gasteiger partial charge on any atom is -0.446 e. The number of hydrogen-bond donors (Lipinski definition) is 3. The van der Waals surface area contributed by atoms with E-state index < -0.39 is 17.9 Å². The van der Waals surface area contributed by atoms with E-state index in [1.54, 1.807) is 7.11 Å². The lowest BCUT2D eigenvalue weighted by atomic mass is 9.70. The summed E-state index contributed by atoms with van der Waals surface area (Å²) in [5.41, 5.74) is 0.0190. The summed E-state index contributed by atoms with van der Waals surface area (Å²) in [7, 11) is 1.63. The highest BCUT2D eigenvalue weighted by Crippen LogP contribution is 2.61. The maximum atomic E-state index is 13.2. The summed E-state index contributed by atoms with van der Waals surface area (Å²) >= 11 is 0. The first-order chi connectivity index (χ1) is 15.4. The zero-order valence-corrected chi connectivity index (χ0v) is 18.1. The molecular weight excluding hydrogens is 422 g/mol. The number of anilines is 1. The number of alkyl halides is 2. The van der Waals surface area contributed by atoms with Crippen LogP contribution in [0.1, 0.15) is 56.6 Å². The Morgan fingerprint density at radius 2 is 2.09 bits per heavy atom. The number of aromatic amines is 1. The predicted molar refractivity (Wildman–Crippen MR) is 110 cm³/mol. The van der Waals surface area contributed by atoms with Gasteiger partial charge in [0.15, 0.2) is 5.82 Å². The number of alkyl carbamates (subject to hydrolysis) is 1. The van der Waals surface area contributed by atoms with Crippen molar-refractivity contribution < 1.29 is 27.8 Å². The number of methoxy groups -OCH3 is 1. The van der Waals surface area contributed by atoms with Crippen molar-refractivity contribution in [3.05, 3.63) is 11.8 Å². The Hall–Kier alpha value is -2.23. The number of hydrogen-bond acceptors (Lipinski definition) is 5. The average molecular weight is 453 g/mol. The van der Waals surface area contributed by atoms with Gasteiger partial charge in [0.2, 0.25) is 12.3 Å². The first kappa shape index (κ1) is 21.6. The molecule has 5 fully saturated rings. The summed E-state index contributed by atoms with van der Waals surface area (Å²) in [5.74, 6) is 1.05. The third-order valence-electron chi connectivity index (χ3n) is 7.89. The van der Waals surface area contributed by atoms with Crippen LogP contribution in [0.15, 0.2) is 6.07 Å². The van der Waals surface area contributed by atoms with Crippen LogP contribution in [0.3, 0.4) is 0 Å². The Labute approximate surface area is 185 Å². The van der Waals surface area contributed by atoms with Crippen molar-refractivity contribution in [3.8, 4) is 0 Å². The minimum atomic E-state index is -2.32. The molecule has 5 aliphatic rings. The number of aromatic nitrogens is 2. The molecule has 176 valence electrons. The van der Waals surface area contributed by atoms with Crippen LogP contribution >= 0.6 is 0 Å². The van der Waals surface area contributed by atoms with Crippen LogP contribution in [0.25, 0.3) is 0 Å². The van der Waals surface area contributed by atoms with E-state index in [0.29, 0.717) is 38.1 Å². The van der Waals surface area contributed by atoms with Crippen LogP contribution in [0.2, 0.25) is 0 Å². The topological polar surface area (TPSA) is 105 Å². The molecule has 8 nitrogen and oxygen atoms in total. The Kier molecular flexibility index (Phi) is 5.59. The number of rotatable bonds is 8. The number of carbonyl (C=O) groups excluding carboxylic acids is 2. The lowest BCUT2D eigenvalue weighted by Crippen LogP contribution is -2.39. The van der Waals surface area contributed by atoms with Crippen molar-refractivity contribution >= 4 is 17.8 Å². The highest BCUT2D eigenvalue weighted by atomic mass is 19.3. The molecule has 3 N–H and O–H groups in total. The van der Waals surface area contributed by atoms with Gasteiger partial charge in [0.25, 0.3) is 0 Å². The van der Waals surface area contributed by atoms with Gasteiger partial charge < -0.3 is 20.1 Å². The molecule has 5 aliphatic carbocycles. The minimum absolute atomic E-state index is 0.0146. The van der Waals surface area contributed by atoms with E-state index in [1.165, 1.54) is 0 Å². The molecule has 5 atom stereocenters. The molecule has 0 saturated heterocycles. The van der Waals surface area contributed by atoms with Gasteiger partial charge in [-0.25, -0.2) is 13.6 Å². The molecule has 2 bridgehead atoms. The Morgan fingerprint density at radius 3 is 2.81 bits per heavy atom. The van der Waals surface area contributed by atoms with Gasteiger partial charge in [-0.15, -0.1) is 0 Å². The maximum absolute atomic E-state index is 13.2. The monoisotopic (exact) mass is 452 g/mol. The molecule has 10 heteroatoms. The Morgan fingerprint density at radius 1 is 1.28 bits per heavy atom. The molecule has 32 heavy (non-hydrogen) atoms. The molecule has 6 rings (SSSR count). The number of nitrogens with zero attached hydrogens (tertiary/aromatic N) is 1. The first-order valence-electron chi connectivity index (χ1n) is 11.5. The summed E-state index contributed by atoms with van der Waals surface area (Å²) in [5, 5.41) is 12.9. The van der Waals surface area contributed by atoms with Crippen LogP contribution < -0.4 is 10.6 Å². The molecule has 2 amide bonds. The molecule has 5 saturated carbocycles. The number of carbonyl (C=O) groups is 2. The second-order valence-corrected chi connectivity index (χ2v) is 10.1. The van der Waals surface area contributed by atoms with Gasteiger partial charge in [0, 0.05) is 48.8 Å². The number of halogens is 2. The number of H-pyrrole nitrogens is 1. The van der Waals surface area contributed by atoms with Gasteiger partial charge >= 0.3 is 6.09 Å². The molecule has 0 spiro atoms. The molecule has 0 unspecified atom stereocenters. The maximum Gasteiger partial charge on any atom is 0.407 e. The van der Waals surface area contributed by atoms with Crippen LogP contribution in [0.4, 0.5) is 19.4 Å². The summed E-state index contributed by atoms with van der Waals surface area (Å²) in [4.78, 5) is 24.6. The van der Waals surface area contributed by atoms with E-state index in [4.69, 9.17) is 9.47 Å². The van der Waals surface area contributed by atoms with Crippen molar-refractivity contribution in [2.75, 3.05) is 19.0 Å². The van der Waals surface area contributed by atoms with E-state index >= 15 is 0 Å². The Bertz CT molecular complexity index is 872. The normalized spacial score (nSPS) is 37.2. The molecule has 1 aromatic heterocycles. The van der Waals surface area contributed by atoms with Crippen molar-refractivity contribution in [3.63, 3.8) is 0 Å². The quantitative estimate of drug-likeness (QED) is 0.561. The lowest BCUT2D eigenvalue weighted by Gasteiger charge is -2.37. The summed E-state index contributed by atoms with van der Waals surface area (Å²) in [6.07, 6.45) is 1.35. The molecule has 0 radical (unpaired) electrons. The summed E-state index contributed by atoms with van der Waals surface area (Å²) in [6.45, 7) is 0.593. The largest absolute Gasteiger partial charge is 0.446 e. The third kappa shape index (κ3) is 4.09. The van der Waals surface area contributed by atoms with Gasteiger partial charge in [-0.2, -0.15) is 5.10 Å². The number of fused-ring (bicyclic) bond motifs is 1. The number of ether oxygens (including phenoxy) is 2. The van der Waals surface area contributed by atoms with Crippen molar-refractivity contribution in [1.82, 2.24) is 15.5 Å². The van der Waals surface area contributed by atoms with E-state index in [0.717, 1.165) is 25.0 Å². The highest BCUT2D eigenvalue weighted by molar-refractivity contribution is 5.93. The standard InChI is InChI=1S/C22H30F2N4O4/c1-31-10-12-5-15(12)19(29)26-18-6-16(27-28-18)11-2-3-14(4-11)32-21(30)25-17-9-22(20(23)24)7-13(17)8-22/h6,11-15,17,20H,2-5,7-10H2,1H3,(H,25,30)(H2,26,27,28,29)/t11-,12+,13?,14+,15-,17-,22?/m0/s1. The highest BCUT2D eigenvalue weighted by Gasteiger charge is 2.61. The van der Waals surface area contributed by atoms with Gasteiger partial charge in [0.1, 0.15) is 6.10 Å². The molecule has 0 aliphatic heterocycles. The van der Waals surface area contributed by atoms with E-state index in [9.17, 15) is 18.4 Å². The molecule has 0 aromatic carbocycles. The summed E-state index contributed by atoms with van der Waals surface area (Å²) in [6, 6.07) is 1.64. The van der Waals surface area contributed by atoms with Gasteiger partial charge in [0.05, 0.1) is 0 Å². The first-order valence-corrected chi connectivity index (χ1v) is 11.5. The second kappa shape index (κ2) is 8.28. The fourth-order valence-corrected chi connectivity index (χ4v) is 5.94. The van der Waals surface area contributed by atoms with E-state index in [2.05, 4.69) is 20.8 Å². The fourth-order valence-electron chi connectivity index (χ4n) is 5.94. The van der Waals surface area contributed by atoms with Crippen LogP contribution in [0.5, 0.6) is 0 Å². The SMILES string of the molecule is COC[C@H]1C[C@@H]1C(=O)Nc1cc([C@H]2CC[C@@H](OC(=O)N[C@H]3CC4(C(F)F)CC3C4)C2)[nH]n1. The number of amides is 2. The molecule has 1 aromatic rings. The second-order valence-electron chi connectivity index (χ2n) is 10.1. The van der Waals surface area contributed by atoms with Crippen LogP contribution in [0, 0.1) is 23.2 Å². The number of nitrogens with one attached hydrogen (secondary N) is 3. The van der Waals surface area contributed by atoms with Crippen LogP contribution in [-0.4, -0.2) is 54.5 Å². The van der Waals surface area contributed by atoms with Crippen molar-refractivity contribution in [1.29, 1.82) is 0 Å². The lowest BCUT2D eigenvalue weighted by molar-refractivity contribution is -0.117. The van der Waals surface area contributed by atoms with Crippen molar-refractivity contribution in [2.45, 2.75) is 69.4 Å². The molecular formula is C22H30F2N4O4. The zero-order chi connectivity index (χ0) is 22.5. The smallest absolute Gasteiger partial charge is 0.407 e. The van der Waals surface area contributed by atoms with Gasteiger partial charge in [-0.1, -0.05) is 0 Å². The van der Waals surface area contributed by atoms with E-state index in [-0.39, 0.29) is 41.7 Å². The third-order valence-corrected chi connectivity index (χ3v) is 7.89. The van der Waals surface area contributed by atoms with Gasteiger partial charge in [-0.3, -0.25) is 9.89 Å².